The first-order chi connectivity index (χ1) is 6.09. The summed E-state index contributed by atoms with van der Waals surface area (Å²) in [5.41, 5.74) is 0. The number of nitrogens with zero attached hydrogens (tertiary/aromatic N) is 2. The lowest BCUT2D eigenvalue weighted by Gasteiger charge is -2.35. The molecule has 0 aliphatic carbocycles. The smallest absolute Gasteiger partial charge is 0.0639 e. The van der Waals surface area contributed by atoms with Crippen molar-refractivity contribution in [3.05, 3.63) is 0 Å². The summed E-state index contributed by atoms with van der Waals surface area (Å²) in [4.78, 5) is 4.66. The summed E-state index contributed by atoms with van der Waals surface area (Å²) < 4.78 is 0. The van der Waals surface area contributed by atoms with Crippen LogP contribution in [0.5, 0.6) is 0 Å². The Bertz CT molecular complexity index is 142. The third-order valence-corrected chi connectivity index (χ3v) is 2.86. The minimum atomic E-state index is -0.204. The molecule has 0 saturated carbocycles. The molecule has 0 aromatic heterocycles. The van der Waals surface area contributed by atoms with Crippen molar-refractivity contribution in [3.8, 4) is 0 Å². The maximum absolute atomic E-state index is 9.25. The average molecular weight is 186 g/mol. The van der Waals surface area contributed by atoms with E-state index in [1.807, 2.05) is 6.92 Å². The predicted molar refractivity (Wildman–Crippen MR) is 54.8 cm³/mol. The summed E-state index contributed by atoms with van der Waals surface area (Å²) in [6, 6.07) is 0.672. The molecule has 1 rings (SSSR count). The van der Waals surface area contributed by atoms with Gasteiger partial charge in [-0.2, -0.15) is 0 Å². The Morgan fingerprint density at radius 1 is 1.46 bits per heavy atom. The molecule has 0 aromatic carbocycles. The normalized spacial score (nSPS) is 23.8. The van der Waals surface area contributed by atoms with E-state index in [0.29, 0.717) is 6.04 Å². The van der Waals surface area contributed by atoms with E-state index in [1.54, 1.807) is 0 Å². The number of aliphatic hydroxyl groups is 1. The van der Waals surface area contributed by atoms with E-state index >= 15 is 0 Å². The third kappa shape index (κ3) is 3.63. The standard InChI is InChI=1S/C10H22N2O/c1-9(13)8-12(3)10-4-6-11(2)7-5-10/h9-10,13H,4-8H2,1-3H3. The van der Waals surface area contributed by atoms with E-state index in [1.165, 1.54) is 25.9 Å². The molecule has 1 aliphatic heterocycles. The van der Waals surface area contributed by atoms with Crippen molar-refractivity contribution in [3.63, 3.8) is 0 Å². The Labute approximate surface area is 81.3 Å². The Hall–Kier alpha value is -0.120. The van der Waals surface area contributed by atoms with Crippen LogP contribution in [-0.4, -0.2) is 60.8 Å². The van der Waals surface area contributed by atoms with Gasteiger partial charge in [-0.1, -0.05) is 0 Å². The molecule has 0 amide bonds. The van der Waals surface area contributed by atoms with Gasteiger partial charge in [-0.25, -0.2) is 0 Å². The van der Waals surface area contributed by atoms with Crippen molar-refractivity contribution in [2.24, 2.45) is 0 Å². The highest BCUT2D eigenvalue weighted by Crippen LogP contribution is 2.13. The zero-order valence-corrected chi connectivity index (χ0v) is 9.03. The summed E-state index contributed by atoms with van der Waals surface area (Å²) in [5, 5.41) is 9.25. The van der Waals surface area contributed by atoms with Crippen LogP contribution in [0.1, 0.15) is 19.8 Å². The van der Waals surface area contributed by atoms with Crippen LogP contribution in [0, 0.1) is 0 Å². The SMILES string of the molecule is CC(O)CN(C)C1CCN(C)CC1. The molecule has 1 saturated heterocycles. The van der Waals surface area contributed by atoms with Gasteiger partial charge in [0.15, 0.2) is 0 Å². The second-order valence-electron chi connectivity index (χ2n) is 4.32. The molecule has 78 valence electrons. The van der Waals surface area contributed by atoms with Crippen LogP contribution in [0.3, 0.4) is 0 Å². The molecule has 1 N–H and O–H groups in total. The lowest BCUT2D eigenvalue weighted by molar-refractivity contribution is 0.0878. The molecule has 1 aliphatic rings. The number of aliphatic hydroxyl groups excluding tert-OH is 1. The molecule has 1 unspecified atom stereocenters. The first kappa shape index (κ1) is 11.0. The molecule has 3 nitrogen and oxygen atoms in total. The van der Waals surface area contributed by atoms with Gasteiger partial charge in [-0.3, -0.25) is 0 Å². The lowest BCUT2D eigenvalue weighted by Crippen LogP contribution is -2.44. The van der Waals surface area contributed by atoms with Crippen LogP contribution in [0.2, 0.25) is 0 Å². The van der Waals surface area contributed by atoms with Gasteiger partial charge in [0.05, 0.1) is 6.10 Å². The minimum Gasteiger partial charge on any atom is -0.392 e. The van der Waals surface area contributed by atoms with Gasteiger partial charge in [0.2, 0.25) is 0 Å². The molecule has 13 heavy (non-hydrogen) atoms. The number of likely N-dealkylation sites (N-methyl/N-ethyl adjacent to an activating group) is 1. The van der Waals surface area contributed by atoms with Crippen molar-refractivity contribution in [1.29, 1.82) is 0 Å². The van der Waals surface area contributed by atoms with E-state index in [4.69, 9.17) is 0 Å². The Balaban J connectivity index is 2.27. The first-order valence-corrected chi connectivity index (χ1v) is 5.16. The second-order valence-corrected chi connectivity index (χ2v) is 4.32. The number of piperidine rings is 1. The summed E-state index contributed by atoms with van der Waals surface area (Å²) >= 11 is 0. The fourth-order valence-electron chi connectivity index (χ4n) is 2.00. The van der Waals surface area contributed by atoms with Crippen molar-refractivity contribution >= 4 is 0 Å². The summed E-state index contributed by atoms with van der Waals surface area (Å²) in [7, 11) is 4.29. The van der Waals surface area contributed by atoms with Gasteiger partial charge in [-0.15, -0.1) is 0 Å². The molecule has 1 heterocycles. The first-order valence-electron chi connectivity index (χ1n) is 5.16. The molecule has 1 atom stereocenters. The Morgan fingerprint density at radius 3 is 2.46 bits per heavy atom. The van der Waals surface area contributed by atoms with E-state index in [-0.39, 0.29) is 6.10 Å². The molecular weight excluding hydrogens is 164 g/mol. The zero-order valence-electron chi connectivity index (χ0n) is 9.03. The molecule has 1 fully saturated rings. The van der Waals surface area contributed by atoms with Crippen LogP contribution in [0.4, 0.5) is 0 Å². The highest BCUT2D eigenvalue weighted by atomic mass is 16.3. The third-order valence-electron chi connectivity index (χ3n) is 2.86. The van der Waals surface area contributed by atoms with Crippen molar-refractivity contribution < 1.29 is 5.11 Å². The fourth-order valence-corrected chi connectivity index (χ4v) is 2.00. The number of likely N-dealkylation sites (tertiary alicyclic amines) is 1. The Kier molecular flexibility index (Phi) is 4.16. The number of hydrogen-bond acceptors (Lipinski definition) is 3. The number of hydrogen-bond donors (Lipinski definition) is 1. The quantitative estimate of drug-likeness (QED) is 0.691. The topological polar surface area (TPSA) is 26.7 Å². The Morgan fingerprint density at radius 2 is 2.00 bits per heavy atom. The molecular formula is C10H22N2O. The van der Waals surface area contributed by atoms with Crippen LogP contribution in [0.25, 0.3) is 0 Å². The maximum atomic E-state index is 9.25. The summed E-state index contributed by atoms with van der Waals surface area (Å²) in [5.74, 6) is 0. The minimum absolute atomic E-state index is 0.204. The fraction of sp³-hybridized carbons (Fsp3) is 1.00. The van der Waals surface area contributed by atoms with Crippen molar-refractivity contribution in [2.75, 3.05) is 33.7 Å². The molecule has 0 aromatic rings. The molecule has 0 radical (unpaired) electrons. The summed E-state index contributed by atoms with van der Waals surface area (Å²) in [6.07, 6.45) is 2.27. The highest BCUT2D eigenvalue weighted by Gasteiger charge is 2.20. The molecule has 0 bridgehead atoms. The van der Waals surface area contributed by atoms with Crippen LogP contribution in [-0.2, 0) is 0 Å². The van der Waals surface area contributed by atoms with Crippen molar-refractivity contribution in [1.82, 2.24) is 9.80 Å². The van der Waals surface area contributed by atoms with Crippen LogP contribution in [0.15, 0.2) is 0 Å². The van der Waals surface area contributed by atoms with Gasteiger partial charge in [0.1, 0.15) is 0 Å². The number of rotatable bonds is 3. The van der Waals surface area contributed by atoms with E-state index < -0.39 is 0 Å². The lowest BCUT2D eigenvalue weighted by atomic mass is 10.0. The van der Waals surface area contributed by atoms with Gasteiger partial charge >= 0.3 is 0 Å². The average Bonchev–Trinajstić information content (AvgIpc) is 2.04. The maximum Gasteiger partial charge on any atom is 0.0639 e. The zero-order chi connectivity index (χ0) is 9.84. The second kappa shape index (κ2) is 4.94. The van der Waals surface area contributed by atoms with Gasteiger partial charge in [0.25, 0.3) is 0 Å². The molecule has 0 spiro atoms. The van der Waals surface area contributed by atoms with E-state index in [9.17, 15) is 5.11 Å². The predicted octanol–water partition coefficient (Wildman–Crippen LogP) is 0.393. The van der Waals surface area contributed by atoms with Crippen molar-refractivity contribution in [2.45, 2.75) is 31.9 Å². The monoisotopic (exact) mass is 186 g/mol. The largest absolute Gasteiger partial charge is 0.392 e. The highest BCUT2D eigenvalue weighted by molar-refractivity contribution is 4.77. The van der Waals surface area contributed by atoms with Gasteiger partial charge in [-0.05, 0) is 47.0 Å². The van der Waals surface area contributed by atoms with Crippen LogP contribution < -0.4 is 0 Å². The van der Waals surface area contributed by atoms with E-state index in [2.05, 4.69) is 23.9 Å². The van der Waals surface area contributed by atoms with E-state index in [0.717, 1.165) is 6.54 Å². The molecule has 3 heteroatoms. The van der Waals surface area contributed by atoms with Gasteiger partial charge < -0.3 is 14.9 Å². The summed E-state index contributed by atoms with van der Waals surface area (Å²) in [6.45, 7) is 5.03. The van der Waals surface area contributed by atoms with Crippen LogP contribution >= 0.6 is 0 Å². The van der Waals surface area contributed by atoms with Gasteiger partial charge in [0, 0.05) is 12.6 Å².